The second-order valence-electron chi connectivity index (χ2n) is 4.94. The van der Waals surface area contributed by atoms with E-state index in [1.165, 1.54) is 7.11 Å². The maximum Gasteiger partial charge on any atom is 0.350 e. The maximum absolute atomic E-state index is 12.1. The number of carbonyl (C=O) groups excluding carboxylic acids is 2. The van der Waals surface area contributed by atoms with E-state index in [0.717, 1.165) is 27.1 Å². The van der Waals surface area contributed by atoms with Crippen LogP contribution in [0.2, 0.25) is 0 Å². The molecule has 8 heteroatoms. The Bertz CT molecular complexity index is 761. The number of thiazole rings is 1. The average molecular weight is 413 g/mol. The van der Waals surface area contributed by atoms with Gasteiger partial charge < -0.3 is 14.8 Å². The van der Waals surface area contributed by atoms with Crippen molar-refractivity contribution in [3.05, 3.63) is 38.8 Å². The molecule has 1 aromatic heterocycles. The van der Waals surface area contributed by atoms with Gasteiger partial charge in [0.1, 0.15) is 10.6 Å². The van der Waals surface area contributed by atoms with Crippen molar-refractivity contribution in [3.63, 3.8) is 0 Å². The van der Waals surface area contributed by atoms with Crippen molar-refractivity contribution >= 4 is 44.3 Å². The third-order valence-electron chi connectivity index (χ3n) is 3.27. The van der Waals surface area contributed by atoms with Crippen molar-refractivity contribution in [1.29, 1.82) is 0 Å². The standard InChI is InChI=1S/C16H17BrN2O4S/c1-9-14(15(21)23-3)24-16(18-9)19-13(20)7-5-10-4-6-12(22-2)11(17)8-10/h4,6,8H,5,7H2,1-3H3,(H,18,19,20). The van der Waals surface area contributed by atoms with Gasteiger partial charge in [0.05, 0.1) is 24.4 Å². The summed E-state index contributed by atoms with van der Waals surface area (Å²) in [7, 11) is 2.92. The van der Waals surface area contributed by atoms with Crippen LogP contribution in [0.1, 0.15) is 27.3 Å². The van der Waals surface area contributed by atoms with Crippen LogP contribution in [0.3, 0.4) is 0 Å². The van der Waals surface area contributed by atoms with Gasteiger partial charge in [-0.25, -0.2) is 9.78 Å². The summed E-state index contributed by atoms with van der Waals surface area (Å²) in [5, 5.41) is 3.11. The van der Waals surface area contributed by atoms with Gasteiger partial charge in [0.15, 0.2) is 5.13 Å². The Labute approximate surface area is 152 Å². The molecule has 2 rings (SSSR count). The molecule has 0 saturated heterocycles. The number of aromatic nitrogens is 1. The lowest BCUT2D eigenvalue weighted by atomic mass is 10.1. The summed E-state index contributed by atoms with van der Waals surface area (Å²) in [5.74, 6) is 0.137. The predicted molar refractivity (Wildman–Crippen MR) is 95.8 cm³/mol. The summed E-state index contributed by atoms with van der Waals surface area (Å²) in [6, 6.07) is 5.69. The Morgan fingerprint density at radius 3 is 2.71 bits per heavy atom. The van der Waals surface area contributed by atoms with Gasteiger partial charge in [-0.15, -0.1) is 0 Å². The highest BCUT2D eigenvalue weighted by Gasteiger charge is 2.16. The number of hydrogen-bond acceptors (Lipinski definition) is 6. The van der Waals surface area contributed by atoms with Crippen molar-refractivity contribution in [2.24, 2.45) is 0 Å². The second kappa shape index (κ2) is 8.25. The molecule has 1 heterocycles. The molecule has 0 bridgehead atoms. The number of anilines is 1. The normalized spacial score (nSPS) is 10.3. The number of benzene rings is 1. The fourth-order valence-corrected chi connectivity index (χ4v) is 3.53. The van der Waals surface area contributed by atoms with Crippen LogP contribution in [-0.2, 0) is 16.0 Å². The van der Waals surface area contributed by atoms with E-state index < -0.39 is 5.97 Å². The van der Waals surface area contributed by atoms with Gasteiger partial charge in [0.2, 0.25) is 5.91 Å². The number of nitrogens with one attached hydrogen (secondary N) is 1. The Morgan fingerprint density at radius 2 is 2.08 bits per heavy atom. The van der Waals surface area contributed by atoms with Gasteiger partial charge in [-0.2, -0.15) is 0 Å². The predicted octanol–water partition coefficient (Wildman–Crippen LogP) is 3.58. The minimum Gasteiger partial charge on any atom is -0.496 e. The molecular formula is C16H17BrN2O4S. The molecule has 128 valence electrons. The van der Waals surface area contributed by atoms with E-state index in [9.17, 15) is 9.59 Å². The second-order valence-corrected chi connectivity index (χ2v) is 6.80. The van der Waals surface area contributed by atoms with Gasteiger partial charge >= 0.3 is 5.97 Å². The minimum absolute atomic E-state index is 0.160. The molecule has 0 aliphatic rings. The zero-order valence-corrected chi connectivity index (χ0v) is 15.9. The average Bonchev–Trinajstić information content (AvgIpc) is 2.92. The first-order valence-corrected chi connectivity index (χ1v) is 8.73. The van der Waals surface area contributed by atoms with Crippen LogP contribution in [0.15, 0.2) is 22.7 Å². The lowest BCUT2D eigenvalue weighted by Crippen LogP contribution is -2.12. The molecule has 0 aliphatic carbocycles. The topological polar surface area (TPSA) is 77.5 Å². The third kappa shape index (κ3) is 4.55. The summed E-state index contributed by atoms with van der Waals surface area (Å²) in [5.41, 5.74) is 1.56. The molecular weight excluding hydrogens is 396 g/mol. The molecule has 0 unspecified atom stereocenters. The Balaban J connectivity index is 1.94. The smallest absolute Gasteiger partial charge is 0.350 e. The van der Waals surface area contributed by atoms with E-state index in [1.807, 2.05) is 18.2 Å². The van der Waals surface area contributed by atoms with Crippen LogP contribution in [0.4, 0.5) is 5.13 Å². The number of halogens is 1. The van der Waals surface area contributed by atoms with E-state index >= 15 is 0 Å². The number of rotatable bonds is 6. The van der Waals surface area contributed by atoms with Crippen LogP contribution in [0.25, 0.3) is 0 Å². The Hall–Kier alpha value is -1.93. The number of carbonyl (C=O) groups is 2. The molecule has 0 spiro atoms. The SMILES string of the molecule is COC(=O)c1sc(NC(=O)CCc2ccc(OC)c(Br)c2)nc1C. The monoisotopic (exact) mass is 412 g/mol. The lowest BCUT2D eigenvalue weighted by molar-refractivity contribution is -0.116. The van der Waals surface area contributed by atoms with Crippen molar-refractivity contribution in [2.75, 3.05) is 19.5 Å². The number of aryl methyl sites for hydroxylation is 2. The molecule has 24 heavy (non-hydrogen) atoms. The highest BCUT2D eigenvalue weighted by Crippen LogP contribution is 2.26. The number of amides is 1. The maximum atomic E-state index is 12.1. The van der Waals surface area contributed by atoms with Gasteiger partial charge in [-0.3, -0.25) is 4.79 Å². The lowest BCUT2D eigenvalue weighted by Gasteiger charge is -2.06. The fraction of sp³-hybridized carbons (Fsp3) is 0.312. The van der Waals surface area contributed by atoms with E-state index in [2.05, 4.69) is 31.0 Å². The molecule has 0 atom stereocenters. The quantitative estimate of drug-likeness (QED) is 0.733. The van der Waals surface area contributed by atoms with Crippen LogP contribution in [-0.4, -0.2) is 31.1 Å². The van der Waals surface area contributed by atoms with Crippen LogP contribution in [0.5, 0.6) is 5.75 Å². The first kappa shape index (κ1) is 18.4. The van der Waals surface area contributed by atoms with E-state index in [0.29, 0.717) is 28.5 Å². The molecule has 1 aromatic carbocycles. The van der Waals surface area contributed by atoms with Gasteiger partial charge in [0.25, 0.3) is 0 Å². The van der Waals surface area contributed by atoms with Crippen LogP contribution < -0.4 is 10.1 Å². The summed E-state index contributed by atoms with van der Waals surface area (Å²) in [4.78, 5) is 28.2. The van der Waals surface area contributed by atoms with Crippen molar-refractivity contribution in [3.8, 4) is 5.75 Å². The number of esters is 1. The largest absolute Gasteiger partial charge is 0.496 e. The van der Waals surface area contributed by atoms with E-state index in [4.69, 9.17) is 4.74 Å². The molecule has 1 N–H and O–H groups in total. The highest BCUT2D eigenvalue weighted by molar-refractivity contribution is 9.10. The fourth-order valence-electron chi connectivity index (χ4n) is 2.04. The molecule has 2 aromatic rings. The first-order chi connectivity index (χ1) is 11.4. The summed E-state index contributed by atoms with van der Waals surface area (Å²) in [6.07, 6.45) is 0.896. The van der Waals surface area contributed by atoms with Gasteiger partial charge in [-0.05, 0) is 47.0 Å². The Morgan fingerprint density at radius 1 is 1.33 bits per heavy atom. The minimum atomic E-state index is -0.450. The summed E-state index contributed by atoms with van der Waals surface area (Å²) < 4.78 is 10.7. The van der Waals surface area contributed by atoms with Crippen molar-refractivity contribution in [1.82, 2.24) is 4.98 Å². The number of ether oxygens (including phenoxy) is 2. The van der Waals surface area contributed by atoms with Crippen LogP contribution >= 0.6 is 27.3 Å². The van der Waals surface area contributed by atoms with Crippen molar-refractivity contribution in [2.45, 2.75) is 19.8 Å². The van der Waals surface area contributed by atoms with Gasteiger partial charge in [-0.1, -0.05) is 17.4 Å². The number of methoxy groups -OCH3 is 2. The molecule has 0 aliphatic heterocycles. The van der Waals surface area contributed by atoms with Crippen LogP contribution in [0, 0.1) is 6.92 Å². The number of nitrogens with zero attached hydrogens (tertiary/aromatic N) is 1. The molecule has 0 saturated carbocycles. The molecule has 6 nitrogen and oxygen atoms in total. The molecule has 0 fully saturated rings. The highest BCUT2D eigenvalue weighted by atomic mass is 79.9. The van der Waals surface area contributed by atoms with E-state index in [1.54, 1.807) is 14.0 Å². The Kier molecular flexibility index (Phi) is 6.33. The first-order valence-electron chi connectivity index (χ1n) is 7.12. The summed E-state index contributed by atoms with van der Waals surface area (Å²) in [6.45, 7) is 1.70. The number of hydrogen-bond donors (Lipinski definition) is 1. The third-order valence-corrected chi connectivity index (χ3v) is 4.94. The van der Waals surface area contributed by atoms with Gasteiger partial charge in [0, 0.05) is 6.42 Å². The van der Waals surface area contributed by atoms with Crippen molar-refractivity contribution < 1.29 is 19.1 Å². The summed E-state index contributed by atoms with van der Waals surface area (Å²) >= 11 is 4.53. The zero-order valence-electron chi connectivity index (χ0n) is 13.5. The van der Waals surface area contributed by atoms with E-state index in [-0.39, 0.29) is 5.91 Å². The molecule has 1 amide bonds. The zero-order chi connectivity index (χ0) is 17.7. The molecule has 0 radical (unpaired) electrons.